The smallest absolute Gasteiger partial charge is 0.272 e. The molecule has 1 atom stereocenters. The fraction of sp³-hybridized carbons (Fsp3) is 0.375. The number of carbonyl (C=O) groups excluding carboxylic acids is 1. The first-order valence-corrected chi connectivity index (χ1v) is 8.25. The lowest BCUT2D eigenvalue weighted by Gasteiger charge is -2.16. The van der Waals surface area contributed by atoms with Crippen LogP contribution < -0.4 is 10.6 Å². The van der Waals surface area contributed by atoms with Gasteiger partial charge >= 0.3 is 0 Å². The van der Waals surface area contributed by atoms with E-state index in [0.29, 0.717) is 12.2 Å². The summed E-state index contributed by atoms with van der Waals surface area (Å²) < 4.78 is 1.05. The molecule has 3 rings (SSSR count). The third-order valence-electron chi connectivity index (χ3n) is 3.83. The van der Waals surface area contributed by atoms with Crippen molar-refractivity contribution in [3.8, 4) is 0 Å². The molecule has 5 nitrogen and oxygen atoms in total. The molecule has 0 aliphatic carbocycles. The van der Waals surface area contributed by atoms with Gasteiger partial charge in [0.05, 0.1) is 0 Å². The average Bonchev–Trinajstić information content (AvgIpc) is 2.91. The zero-order valence-electron chi connectivity index (χ0n) is 12.4. The summed E-state index contributed by atoms with van der Waals surface area (Å²) in [5.74, 6) is -0.108. The molecule has 1 aliphatic rings. The van der Waals surface area contributed by atoms with Crippen molar-refractivity contribution in [3.63, 3.8) is 0 Å². The van der Waals surface area contributed by atoms with Crippen molar-refractivity contribution in [2.24, 2.45) is 0 Å². The van der Waals surface area contributed by atoms with Gasteiger partial charge in [0.2, 0.25) is 0 Å². The topological polar surface area (TPSA) is 69.8 Å². The molecule has 2 aromatic rings. The summed E-state index contributed by atoms with van der Waals surface area (Å²) in [7, 11) is 0. The minimum Gasteiger partial charge on any atom is -0.348 e. The van der Waals surface area contributed by atoms with Gasteiger partial charge in [0.25, 0.3) is 5.91 Å². The molecule has 0 radical (unpaired) electrons. The van der Waals surface area contributed by atoms with E-state index in [9.17, 15) is 4.79 Å². The van der Waals surface area contributed by atoms with E-state index in [1.165, 1.54) is 5.56 Å². The lowest BCUT2D eigenvalue weighted by Crippen LogP contribution is -2.35. The summed E-state index contributed by atoms with van der Waals surface area (Å²) in [6.07, 6.45) is 1.68. The van der Waals surface area contributed by atoms with Crippen LogP contribution in [0, 0.1) is 0 Å². The normalized spacial score (nSPS) is 15.2. The van der Waals surface area contributed by atoms with Crippen LogP contribution in [0.1, 0.15) is 34.2 Å². The zero-order chi connectivity index (χ0) is 15.5. The molecule has 1 unspecified atom stereocenters. The number of hydrogen-bond donors (Lipinski definition) is 3. The van der Waals surface area contributed by atoms with E-state index in [4.69, 9.17) is 0 Å². The number of H-pyrrole nitrogens is 1. The number of aromatic nitrogens is 2. The van der Waals surface area contributed by atoms with Crippen LogP contribution >= 0.6 is 15.9 Å². The minimum absolute atomic E-state index is 0.0469. The van der Waals surface area contributed by atoms with Crippen molar-refractivity contribution in [1.29, 1.82) is 0 Å². The number of fused-ring (bicyclic) bond motifs is 1. The second-order valence-electron chi connectivity index (χ2n) is 5.66. The van der Waals surface area contributed by atoms with Crippen LogP contribution in [0.5, 0.6) is 0 Å². The third-order valence-corrected chi connectivity index (χ3v) is 4.32. The summed E-state index contributed by atoms with van der Waals surface area (Å²) >= 11 is 3.47. The van der Waals surface area contributed by atoms with Crippen molar-refractivity contribution in [1.82, 2.24) is 20.8 Å². The second kappa shape index (κ2) is 6.62. The van der Waals surface area contributed by atoms with Gasteiger partial charge < -0.3 is 10.6 Å². The molecule has 0 fully saturated rings. The van der Waals surface area contributed by atoms with E-state index >= 15 is 0 Å². The van der Waals surface area contributed by atoms with E-state index in [0.717, 1.165) is 35.1 Å². The summed E-state index contributed by atoms with van der Waals surface area (Å²) in [5, 5.41) is 13.5. The Morgan fingerprint density at radius 2 is 2.36 bits per heavy atom. The molecule has 0 saturated carbocycles. The van der Waals surface area contributed by atoms with Gasteiger partial charge in [0, 0.05) is 41.3 Å². The van der Waals surface area contributed by atoms with Gasteiger partial charge in [0.1, 0.15) is 0 Å². The van der Waals surface area contributed by atoms with Gasteiger partial charge in [-0.25, -0.2) is 0 Å². The molecule has 1 aliphatic heterocycles. The first-order chi connectivity index (χ1) is 10.6. The summed E-state index contributed by atoms with van der Waals surface area (Å²) in [4.78, 5) is 12.4. The predicted molar refractivity (Wildman–Crippen MR) is 88.8 cm³/mol. The van der Waals surface area contributed by atoms with E-state index in [1.54, 1.807) is 0 Å². The van der Waals surface area contributed by atoms with Gasteiger partial charge in [-0.1, -0.05) is 28.1 Å². The van der Waals surface area contributed by atoms with Crippen molar-refractivity contribution in [2.45, 2.75) is 32.4 Å². The SMILES string of the molecule is CC(Cc1cccc(Br)c1)NC(=O)c1n[nH]c2c1CNCC2. The molecule has 1 aromatic heterocycles. The highest BCUT2D eigenvalue weighted by Crippen LogP contribution is 2.16. The number of hydrogen-bond acceptors (Lipinski definition) is 3. The number of rotatable bonds is 4. The molecule has 1 amide bonds. The Morgan fingerprint density at radius 3 is 3.18 bits per heavy atom. The summed E-state index contributed by atoms with van der Waals surface area (Å²) in [5.41, 5.74) is 3.78. The minimum atomic E-state index is -0.108. The van der Waals surface area contributed by atoms with Crippen LogP contribution in [0.3, 0.4) is 0 Å². The van der Waals surface area contributed by atoms with Crippen molar-refractivity contribution in [3.05, 3.63) is 51.3 Å². The van der Waals surface area contributed by atoms with Gasteiger partial charge in [-0.3, -0.25) is 9.89 Å². The first kappa shape index (κ1) is 15.2. The van der Waals surface area contributed by atoms with Crippen LogP contribution in [0.25, 0.3) is 0 Å². The number of benzene rings is 1. The Balaban J connectivity index is 1.65. The molecule has 6 heteroatoms. The Morgan fingerprint density at radius 1 is 1.50 bits per heavy atom. The third kappa shape index (κ3) is 3.39. The van der Waals surface area contributed by atoms with Crippen molar-refractivity contribution >= 4 is 21.8 Å². The Labute approximate surface area is 138 Å². The highest BCUT2D eigenvalue weighted by Gasteiger charge is 2.22. The monoisotopic (exact) mass is 362 g/mol. The maximum Gasteiger partial charge on any atom is 0.272 e. The molecule has 3 N–H and O–H groups in total. The van der Waals surface area contributed by atoms with E-state index in [2.05, 4.69) is 48.9 Å². The maximum absolute atomic E-state index is 12.4. The molecular formula is C16H19BrN4O. The van der Waals surface area contributed by atoms with Gasteiger partial charge in [-0.05, 0) is 31.0 Å². The average molecular weight is 363 g/mol. The first-order valence-electron chi connectivity index (χ1n) is 7.45. The van der Waals surface area contributed by atoms with Crippen LogP contribution in [0.15, 0.2) is 28.7 Å². The van der Waals surface area contributed by atoms with Crippen LogP contribution in [0.4, 0.5) is 0 Å². The van der Waals surface area contributed by atoms with Crippen molar-refractivity contribution < 1.29 is 4.79 Å². The fourth-order valence-electron chi connectivity index (χ4n) is 2.77. The van der Waals surface area contributed by atoms with Crippen LogP contribution in [0.2, 0.25) is 0 Å². The Hall–Kier alpha value is -1.66. The Kier molecular flexibility index (Phi) is 4.59. The number of amides is 1. The predicted octanol–water partition coefficient (Wildman–Crippen LogP) is 2.18. The summed E-state index contributed by atoms with van der Waals surface area (Å²) in [6.45, 7) is 3.64. The standard InChI is InChI=1S/C16H19BrN4O/c1-10(7-11-3-2-4-12(17)8-11)19-16(22)15-13-9-18-6-5-14(13)20-21-15/h2-4,8,10,18H,5-7,9H2,1H3,(H,19,22)(H,20,21). The van der Waals surface area contributed by atoms with Crippen molar-refractivity contribution in [2.75, 3.05) is 6.54 Å². The molecular weight excluding hydrogens is 344 g/mol. The van der Waals surface area contributed by atoms with Gasteiger partial charge in [-0.2, -0.15) is 5.10 Å². The number of nitrogens with zero attached hydrogens (tertiary/aromatic N) is 1. The largest absolute Gasteiger partial charge is 0.348 e. The zero-order valence-corrected chi connectivity index (χ0v) is 14.0. The lowest BCUT2D eigenvalue weighted by molar-refractivity contribution is 0.0934. The molecule has 2 heterocycles. The fourth-order valence-corrected chi connectivity index (χ4v) is 3.22. The van der Waals surface area contributed by atoms with Gasteiger partial charge in [-0.15, -0.1) is 0 Å². The molecule has 22 heavy (non-hydrogen) atoms. The van der Waals surface area contributed by atoms with E-state index < -0.39 is 0 Å². The maximum atomic E-state index is 12.4. The lowest BCUT2D eigenvalue weighted by atomic mass is 10.1. The summed E-state index contributed by atoms with van der Waals surface area (Å²) in [6, 6.07) is 8.18. The van der Waals surface area contributed by atoms with E-state index in [1.807, 2.05) is 19.1 Å². The number of carbonyl (C=O) groups is 1. The molecule has 1 aromatic carbocycles. The highest BCUT2D eigenvalue weighted by molar-refractivity contribution is 9.10. The molecule has 0 saturated heterocycles. The highest BCUT2D eigenvalue weighted by atomic mass is 79.9. The number of nitrogens with one attached hydrogen (secondary N) is 3. The van der Waals surface area contributed by atoms with Crippen LogP contribution in [-0.4, -0.2) is 28.7 Å². The molecule has 0 bridgehead atoms. The number of halogens is 1. The van der Waals surface area contributed by atoms with Crippen LogP contribution in [-0.2, 0) is 19.4 Å². The Bertz CT molecular complexity index is 683. The quantitative estimate of drug-likeness (QED) is 0.780. The van der Waals surface area contributed by atoms with E-state index in [-0.39, 0.29) is 11.9 Å². The molecule has 116 valence electrons. The number of aromatic amines is 1. The molecule has 0 spiro atoms. The second-order valence-corrected chi connectivity index (χ2v) is 6.58. The van der Waals surface area contributed by atoms with Gasteiger partial charge in [0.15, 0.2) is 5.69 Å².